The molecule has 5 heteroatoms. The minimum absolute atomic E-state index is 0.216. The van der Waals surface area contributed by atoms with E-state index in [1.54, 1.807) is 6.08 Å². The molecule has 0 aliphatic heterocycles. The fourth-order valence-electron chi connectivity index (χ4n) is 1.87. The van der Waals surface area contributed by atoms with Gasteiger partial charge in [-0.1, -0.05) is 41.9 Å². The number of nitrogens with zero attached hydrogens (tertiary/aromatic N) is 1. The summed E-state index contributed by atoms with van der Waals surface area (Å²) in [5.41, 5.74) is 2.01. The first-order chi connectivity index (χ1) is 9.79. The lowest BCUT2D eigenvalue weighted by Gasteiger charge is -2.21. The second kappa shape index (κ2) is 7.98. The molecule has 0 atom stereocenters. The van der Waals surface area contributed by atoms with Crippen molar-refractivity contribution in [2.75, 3.05) is 13.1 Å². The Morgan fingerprint density at radius 2 is 2.05 bits per heavy atom. The number of hydrogen-bond acceptors (Lipinski definition) is 2. The number of aryl methyl sites for hydroxylation is 1. The molecular formula is C16H20BrNO3. The number of carbonyl (C=O) groups is 2. The van der Waals surface area contributed by atoms with E-state index < -0.39 is 5.97 Å². The molecule has 1 rings (SSSR count). The van der Waals surface area contributed by atoms with Crippen LogP contribution in [0.5, 0.6) is 0 Å². The summed E-state index contributed by atoms with van der Waals surface area (Å²) in [6.45, 7) is 6.02. The van der Waals surface area contributed by atoms with Gasteiger partial charge in [-0.05, 0) is 36.1 Å². The van der Waals surface area contributed by atoms with Crippen LogP contribution in [0.15, 0.2) is 28.7 Å². The van der Waals surface area contributed by atoms with Gasteiger partial charge in [0.15, 0.2) is 0 Å². The lowest BCUT2D eigenvalue weighted by Crippen LogP contribution is -2.37. The first kappa shape index (κ1) is 17.4. The molecular weight excluding hydrogens is 334 g/mol. The summed E-state index contributed by atoms with van der Waals surface area (Å²) in [4.78, 5) is 24.3. The van der Waals surface area contributed by atoms with Crippen LogP contribution in [0.3, 0.4) is 0 Å². The Morgan fingerprint density at radius 1 is 1.38 bits per heavy atom. The number of amides is 1. The van der Waals surface area contributed by atoms with Crippen LogP contribution < -0.4 is 0 Å². The van der Waals surface area contributed by atoms with Gasteiger partial charge in [0, 0.05) is 17.1 Å². The summed E-state index contributed by atoms with van der Waals surface area (Å²) < 4.78 is 0.903. The van der Waals surface area contributed by atoms with E-state index in [0.29, 0.717) is 6.54 Å². The maximum absolute atomic E-state index is 12.1. The van der Waals surface area contributed by atoms with Crippen molar-refractivity contribution < 1.29 is 14.7 Å². The fourth-order valence-corrected chi connectivity index (χ4v) is 2.50. The summed E-state index contributed by atoms with van der Waals surface area (Å²) in [7, 11) is 0. The van der Waals surface area contributed by atoms with Gasteiger partial charge in [-0.2, -0.15) is 0 Å². The zero-order valence-corrected chi connectivity index (χ0v) is 14.1. The molecule has 0 saturated carbocycles. The predicted molar refractivity (Wildman–Crippen MR) is 87.0 cm³/mol. The van der Waals surface area contributed by atoms with Gasteiger partial charge >= 0.3 is 5.97 Å². The number of rotatable bonds is 6. The van der Waals surface area contributed by atoms with E-state index >= 15 is 0 Å². The number of halogens is 1. The molecule has 1 amide bonds. The maximum Gasteiger partial charge on any atom is 0.323 e. The van der Waals surface area contributed by atoms with E-state index in [-0.39, 0.29) is 18.4 Å². The smallest absolute Gasteiger partial charge is 0.323 e. The molecule has 21 heavy (non-hydrogen) atoms. The molecule has 0 aliphatic carbocycles. The summed E-state index contributed by atoms with van der Waals surface area (Å²) in [5.74, 6) is -1.08. The normalized spacial score (nSPS) is 11.1. The van der Waals surface area contributed by atoms with Crippen LogP contribution in [0.4, 0.5) is 0 Å². The lowest BCUT2D eigenvalue weighted by molar-refractivity contribution is -0.143. The van der Waals surface area contributed by atoms with Gasteiger partial charge in [-0.3, -0.25) is 9.59 Å². The maximum atomic E-state index is 12.1. The third-order valence-corrected chi connectivity index (χ3v) is 3.47. The Bertz CT molecular complexity index is 552. The third kappa shape index (κ3) is 6.12. The molecule has 0 unspecified atom stereocenters. The van der Waals surface area contributed by atoms with Crippen LogP contribution in [-0.4, -0.2) is 35.0 Å². The van der Waals surface area contributed by atoms with Gasteiger partial charge in [-0.25, -0.2) is 0 Å². The lowest BCUT2D eigenvalue weighted by atomic mass is 10.1. The van der Waals surface area contributed by atoms with Crippen molar-refractivity contribution in [1.29, 1.82) is 0 Å². The molecule has 114 valence electrons. The van der Waals surface area contributed by atoms with E-state index in [0.717, 1.165) is 15.6 Å². The van der Waals surface area contributed by atoms with Gasteiger partial charge in [0.1, 0.15) is 6.54 Å². The molecule has 0 spiro atoms. The van der Waals surface area contributed by atoms with Crippen molar-refractivity contribution in [3.8, 4) is 0 Å². The molecule has 4 nitrogen and oxygen atoms in total. The third-order valence-electron chi connectivity index (χ3n) is 2.78. The molecule has 0 saturated heterocycles. The van der Waals surface area contributed by atoms with E-state index in [4.69, 9.17) is 5.11 Å². The second-order valence-corrected chi connectivity index (χ2v) is 6.22. The average molecular weight is 354 g/mol. The number of carboxylic acids is 1. The van der Waals surface area contributed by atoms with Crippen LogP contribution >= 0.6 is 15.9 Å². The van der Waals surface area contributed by atoms with Crippen LogP contribution in [0.1, 0.15) is 25.0 Å². The van der Waals surface area contributed by atoms with Gasteiger partial charge in [-0.15, -0.1) is 0 Å². The minimum atomic E-state index is -1.01. The first-order valence-electron chi connectivity index (χ1n) is 6.74. The molecule has 0 heterocycles. The number of carbonyl (C=O) groups excluding carboxylic acids is 1. The van der Waals surface area contributed by atoms with Crippen molar-refractivity contribution >= 4 is 33.9 Å². The molecule has 1 aromatic carbocycles. The molecule has 1 aromatic rings. The molecule has 0 bridgehead atoms. The van der Waals surface area contributed by atoms with E-state index in [1.807, 2.05) is 39.0 Å². The summed E-state index contributed by atoms with van der Waals surface area (Å²) >= 11 is 3.44. The predicted octanol–water partition coefficient (Wildman–Crippen LogP) is 3.34. The SMILES string of the molecule is Cc1ccc(C=CC(=O)N(CC(=O)O)CC(C)C)c(Br)c1. The zero-order valence-electron chi connectivity index (χ0n) is 12.5. The fraction of sp³-hybridized carbons (Fsp3) is 0.375. The Morgan fingerprint density at radius 3 is 2.57 bits per heavy atom. The summed E-state index contributed by atoms with van der Waals surface area (Å²) in [5, 5.41) is 8.88. The minimum Gasteiger partial charge on any atom is -0.480 e. The van der Waals surface area contributed by atoms with Crippen LogP contribution in [0, 0.1) is 12.8 Å². The number of carboxylic acid groups (broad SMARTS) is 1. The van der Waals surface area contributed by atoms with Crippen LogP contribution in [0.25, 0.3) is 6.08 Å². The van der Waals surface area contributed by atoms with E-state index in [2.05, 4.69) is 15.9 Å². The molecule has 0 aromatic heterocycles. The number of aliphatic carboxylic acids is 1. The highest BCUT2D eigenvalue weighted by Gasteiger charge is 2.15. The van der Waals surface area contributed by atoms with Crippen molar-refractivity contribution in [3.63, 3.8) is 0 Å². The Kier molecular flexibility index (Phi) is 6.62. The van der Waals surface area contributed by atoms with Crippen molar-refractivity contribution in [3.05, 3.63) is 39.9 Å². The van der Waals surface area contributed by atoms with Crippen molar-refractivity contribution in [1.82, 2.24) is 4.90 Å². The van der Waals surface area contributed by atoms with E-state index in [9.17, 15) is 9.59 Å². The van der Waals surface area contributed by atoms with Gasteiger partial charge < -0.3 is 10.0 Å². The van der Waals surface area contributed by atoms with Crippen molar-refractivity contribution in [2.45, 2.75) is 20.8 Å². The van der Waals surface area contributed by atoms with Crippen molar-refractivity contribution in [2.24, 2.45) is 5.92 Å². The summed E-state index contributed by atoms with van der Waals surface area (Å²) in [6.07, 6.45) is 3.11. The molecule has 0 fully saturated rings. The first-order valence-corrected chi connectivity index (χ1v) is 7.54. The Labute approximate surface area is 133 Å². The summed E-state index contributed by atoms with van der Waals surface area (Å²) in [6, 6.07) is 5.83. The second-order valence-electron chi connectivity index (χ2n) is 5.36. The molecule has 1 N–H and O–H groups in total. The highest BCUT2D eigenvalue weighted by molar-refractivity contribution is 9.10. The monoisotopic (exact) mass is 353 g/mol. The highest BCUT2D eigenvalue weighted by atomic mass is 79.9. The van der Waals surface area contributed by atoms with Gasteiger partial charge in [0.05, 0.1) is 0 Å². The topological polar surface area (TPSA) is 57.6 Å². The number of benzene rings is 1. The van der Waals surface area contributed by atoms with Gasteiger partial charge in [0.25, 0.3) is 0 Å². The zero-order chi connectivity index (χ0) is 16.0. The Balaban J connectivity index is 2.84. The Hall–Kier alpha value is -1.62. The van der Waals surface area contributed by atoms with Crippen LogP contribution in [0.2, 0.25) is 0 Å². The largest absolute Gasteiger partial charge is 0.480 e. The quantitative estimate of drug-likeness (QED) is 0.798. The number of hydrogen-bond donors (Lipinski definition) is 1. The molecule has 0 radical (unpaired) electrons. The van der Waals surface area contributed by atoms with E-state index in [1.165, 1.54) is 11.0 Å². The molecule has 0 aliphatic rings. The standard InChI is InChI=1S/C16H20BrNO3/c1-11(2)9-18(10-16(20)21)15(19)7-6-13-5-4-12(3)8-14(13)17/h4-8,11H,9-10H2,1-3H3,(H,20,21). The van der Waals surface area contributed by atoms with Gasteiger partial charge in [0.2, 0.25) is 5.91 Å². The average Bonchev–Trinajstić information content (AvgIpc) is 2.35. The van der Waals surface area contributed by atoms with Crippen LogP contribution in [-0.2, 0) is 9.59 Å². The highest BCUT2D eigenvalue weighted by Crippen LogP contribution is 2.19.